The maximum absolute atomic E-state index is 12.6. The van der Waals surface area contributed by atoms with E-state index in [0.29, 0.717) is 35.8 Å². The molecule has 2 aromatic carbocycles. The standard InChI is InChI=1S/C32H45NO4/c1-3-5-7-9-11-12-14-15-23-35-29-18-20-30(21-19-29)37-32(34)27-17-22-31(28(25-27)26-33)36-24-16-13-10-8-6-4-2/h17-22,25H,3-16,23-24H2,1-2H3. The number of carbonyl (C=O) groups is 1. The lowest BCUT2D eigenvalue weighted by Crippen LogP contribution is -2.09. The Kier molecular flexibility index (Phi) is 15.6. The molecule has 0 saturated carbocycles. The predicted molar refractivity (Wildman–Crippen MR) is 150 cm³/mol. The minimum Gasteiger partial charge on any atom is -0.494 e. The second kappa shape index (κ2) is 19.2. The smallest absolute Gasteiger partial charge is 0.343 e. The Labute approximate surface area is 224 Å². The summed E-state index contributed by atoms with van der Waals surface area (Å²) in [5, 5.41) is 9.51. The number of carbonyl (C=O) groups excluding carboxylic acids is 1. The Hall–Kier alpha value is -3.00. The van der Waals surface area contributed by atoms with E-state index in [1.54, 1.807) is 24.3 Å². The van der Waals surface area contributed by atoms with Gasteiger partial charge in [-0.05, 0) is 55.3 Å². The van der Waals surface area contributed by atoms with Crippen LogP contribution in [-0.4, -0.2) is 19.2 Å². The highest BCUT2D eigenvalue weighted by Crippen LogP contribution is 2.23. The maximum atomic E-state index is 12.6. The van der Waals surface area contributed by atoms with Crippen molar-refractivity contribution in [2.24, 2.45) is 0 Å². The second-order valence-corrected chi connectivity index (χ2v) is 9.62. The first-order chi connectivity index (χ1) is 18.2. The van der Waals surface area contributed by atoms with Crippen molar-refractivity contribution < 1.29 is 19.0 Å². The van der Waals surface area contributed by atoms with Crippen LogP contribution in [0.1, 0.15) is 120 Å². The minimum atomic E-state index is -0.508. The molecule has 0 unspecified atom stereocenters. The number of unbranched alkanes of at least 4 members (excludes halogenated alkanes) is 12. The third-order valence-corrected chi connectivity index (χ3v) is 6.39. The molecular weight excluding hydrogens is 462 g/mol. The summed E-state index contributed by atoms with van der Waals surface area (Å²) in [6.45, 7) is 5.71. The Morgan fingerprint density at radius 1 is 0.676 bits per heavy atom. The SMILES string of the molecule is CCCCCCCCCCOc1ccc(OC(=O)c2ccc(OCCCCCCCC)c(C#N)c2)cc1. The Morgan fingerprint density at radius 2 is 1.19 bits per heavy atom. The molecule has 37 heavy (non-hydrogen) atoms. The quantitative estimate of drug-likeness (QED) is 0.102. The van der Waals surface area contributed by atoms with Crippen molar-refractivity contribution in [1.82, 2.24) is 0 Å². The van der Waals surface area contributed by atoms with Gasteiger partial charge in [0.15, 0.2) is 0 Å². The third-order valence-electron chi connectivity index (χ3n) is 6.39. The van der Waals surface area contributed by atoms with E-state index in [9.17, 15) is 10.1 Å². The fraction of sp³-hybridized carbons (Fsp3) is 0.562. The van der Waals surface area contributed by atoms with Crippen molar-refractivity contribution >= 4 is 5.97 Å². The summed E-state index contributed by atoms with van der Waals surface area (Å²) in [4.78, 5) is 12.6. The number of esters is 1. The Balaban J connectivity index is 1.72. The molecule has 0 heterocycles. The summed E-state index contributed by atoms with van der Waals surface area (Å²) >= 11 is 0. The number of ether oxygens (including phenoxy) is 3. The largest absolute Gasteiger partial charge is 0.494 e. The van der Waals surface area contributed by atoms with Gasteiger partial charge in [-0.25, -0.2) is 4.79 Å². The van der Waals surface area contributed by atoms with Crippen LogP contribution in [0.3, 0.4) is 0 Å². The van der Waals surface area contributed by atoms with Gasteiger partial charge < -0.3 is 14.2 Å². The summed E-state index contributed by atoms with van der Waals surface area (Å²) in [6, 6.07) is 14.0. The van der Waals surface area contributed by atoms with E-state index in [0.717, 1.165) is 25.0 Å². The fourth-order valence-electron chi connectivity index (χ4n) is 4.13. The highest BCUT2D eigenvalue weighted by molar-refractivity contribution is 5.91. The van der Waals surface area contributed by atoms with Crippen molar-refractivity contribution in [3.05, 3.63) is 53.6 Å². The van der Waals surface area contributed by atoms with Crippen LogP contribution < -0.4 is 14.2 Å². The van der Waals surface area contributed by atoms with Crippen molar-refractivity contribution in [1.29, 1.82) is 5.26 Å². The molecule has 5 heteroatoms. The van der Waals surface area contributed by atoms with Crippen LogP contribution >= 0.6 is 0 Å². The Morgan fingerprint density at radius 3 is 1.76 bits per heavy atom. The predicted octanol–water partition coefficient (Wildman–Crippen LogP) is 9.04. The zero-order valence-electron chi connectivity index (χ0n) is 22.9. The molecule has 0 radical (unpaired) electrons. The molecule has 2 aromatic rings. The molecule has 0 aromatic heterocycles. The van der Waals surface area contributed by atoms with Gasteiger partial charge in [0.1, 0.15) is 23.3 Å². The molecular formula is C32H45NO4. The van der Waals surface area contributed by atoms with Crippen LogP contribution in [0.4, 0.5) is 0 Å². The summed E-state index contributed by atoms with van der Waals surface area (Å²) < 4.78 is 17.1. The van der Waals surface area contributed by atoms with Gasteiger partial charge in [-0.3, -0.25) is 0 Å². The van der Waals surface area contributed by atoms with E-state index in [-0.39, 0.29) is 0 Å². The molecule has 0 N–H and O–H groups in total. The molecule has 0 aliphatic heterocycles. The van der Waals surface area contributed by atoms with Crippen LogP contribution in [0, 0.1) is 11.3 Å². The lowest BCUT2D eigenvalue weighted by atomic mass is 10.1. The average molecular weight is 508 g/mol. The van der Waals surface area contributed by atoms with Crippen molar-refractivity contribution in [2.75, 3.05) is 13.2 Å². The number of nitrogens with zero attached hydrogens (tertiary/aromatic N) is 1. The van der Waals surface area contributed by atoms with E-state index in [2.05, 4.69) is 19.9 Å². The van der Waals surface area contributed by atoms with Crippen LogP contribution in [0.5, 0.6) is 17.2 Å². The molecule has 2 rings (SSSR count). The first-order valence-corrected chi connectivity index (χ1v) is 14.3. The first kappa shape index (κ1) is 30.2. The maximum Gasteiger partial charge on any atom is 0.343 e. The molecule has 0 aliphatic carbocycles. The number of hydrogen-bond acceptors (Lipinski definition) is 5. The third kappa shape index (κ3) is 12.7. The first-order valence-electron chi connectivity index (χ1n) is 14.3. The number of nitriles is 1. The lowest BCUT2D eigenvalue weighted by molar-refractivity contribution is 0.0734. The fourth-order valence-corrected chi connectivity index (χ4v) is 4.13. The van der Waals surface area contributed by atoms with Crippen LogP contribution in [-0.2, 0) is 0 Å². The van der Waals surface area contributed by atoms with Gasteiger partial charge in [-0.2, -0.15) is 5.26 Å². The molecule has 5 nitrogen and oxygen atoms in total. The topological polar surface area (TPSA) is 68.6 Å². The minimum absolute atomic E-state index is 0.318. The van der Waals surface area contributed by atoms with Gasteiger partial charge in [-0.1, -0.05) is 90.9 Å². The summed E-state index contributed by atoms with van der Waals surface area (Å²) in [7, 11) is 0. The highest BCUT2D eigenvalue weighted by Gasteiger charge is 2.13. The van der Waals surface area contributed by atoms with Crippen molar-refractivity contribution in [2.45, 2.75) is 104 Å². The lowest BCUT2D eigenvalue weighted by Gasteiger charge is -2.10. The zero-order chi connectivity index (χ0) is 26.6. The van der Waals surface area contributed by atoms with Crippen molar-refractivity contribution in [3.63, 3.8) is 0 Å². The van der Waals surface area contributed by atoms with Gasteiger partial charge in [0, 0.05) is 0 Å². The van der Waals surface area contributed by atoms with Crippen LogP contribution in [0.15, 0.2) is 42.5 Å². The second-order valence-electron chi connectivity index (χ2n) is 9.62. The van der Waals surface area contributed by atoms with E-state index < -0.39 is 5.97 Å². The van der Waals surface area contributed by atoms with Gasteiger partial charge in [0.25, 0.3) is 0 Å². The highest BCUT2D eigenvalue weighted by atomic mass is 16.5. The summed E-state index contributed by atoms with van der Waals surface area (Å²) in [6.07, 6.45) is 17.2. The van der Waals surface area contributed by atoms with Crippen LogP contribution in [0.25, 0.3) is 0 Å². The van der Waals surface area contributed by atoms with Gasteiger partial charge in [0.2, 0.25) is 0 Å². The Bertz CT molecular complexity index is 933. The molecule has 0 bridgehead atoms. The molecule has 0 fully saturated rings. The molecule has 0 saturated heterocycles. The van der Waals surface area contributed by atoms with E-state index >= 15 is 0 Å². The summed E-state index contributed by atoms with van der Waals surface area (Å²) in [5.74, 6) is 1.20. The molecule has 0 atom stereocenters. The van der Waals surface area contributed by atoms with E-state index in [4.69, 9.17) is 14.2 Å². The number of rotatable bonds is 20. The number of benzene rings is 2. The van der Waals surface area contributed by atoms with Gasteiger partial charge >= 0.3 is 5.97 Å². The summed E-state index contributed by atoms with van der Waals surface area (Å²) in [5.41, 5.74) is 0.656. The van der Waals surface area contributed by atoms with Gasteiger partial charge in [0.05, 0.1) is 24.3 Å². The average Bonchev–Trinajstić information content (AvgIpc) is 2.92. The van der Waals surface area contributed by atoms with Gasteiger partial charge in [-0.15, -0.1) is 0 Å². The van der Waals surface area contributed by atoms with E-state index in [1.807, 2.05) is 12.1 Å². The van der Waals surface area contributed by atoms with Crippen LogP contribution in [0.2, 0.25) is 0 Å². The molecule has 0 spiro atoms. The molecule has 0 aliphatic rings. The van der Waals surface area contributed by atoms with Crippen molar-refractivity contribution in [3.8, 4) is 23.3 Å². The zero-order valence-corrected chi connectivity index (χ0v) is 22.9. The van der Waals surface area contributed by atoms with E-state index in [1.165, 1.54) is 76.7 Å². The number of hydrogen-bond donors (Lipinski definition) is 0. The normalized spacial score (nSPS) is 10.6. The molecule has 202 valence electrons. The molecule has 0 amide bonds. The monoisotopic (exact) mass is 507 g/mol.